The van der Waals surface area contributed by atoms with Crippen LogP contribution >= 0.6 is 38.9 Å². The molecular weight excluding hydrogens is 464 g/mol. The van der Waals surface area contributed by atoms with Crippen molar-refractivity contribution < 1.29 is 14.3 Å². The molecule has 146 valence electrons. The molecule has 0 saturated carbocycles. The van der Waals surface area contributed by atoms with E-state index in [0.717, 1.165) is 33.3 Å². The summed E-state index contributed by atoms with van der Waals surface area (Å²) in [5, 5.41) is 1.12. The summed E-state index contributed by atoms with van der Waals surface area (Å²) in [5.74, 6) is 0.762. The van der Waals surface area contributed by atoms with Gasteiger partial charge < -0.3 is 14.4 Å². The average Bonchev–Trinajstić information content (AvgIpc) is 3.11. The molecule has 1 amide bonds. The SMILES string of the molecule is COc1ccc2nc(OC3CCN(C(=O)c4cc(Br)ccc4Cl)CC3)sc2c1. The first-order chi connectivity index (χ1) is 13.5. The van der Waals surface area contributed by atoms with E-state index >= 15 is 0 Å². The number of halogens is 2. The predicted octanol–water partition coefficient (Wildman–Crippen LogP) is 5.40. The molecule has 0 atom stereocenters. The Morgan fingerprint density at radius 2 is 2.04 bits per heavy atom. The van der Waals surface area contributed by atoms with E-state index in [1.807, 2.05) is 29.2 Å². The predicted molar refractivity (Wildman–Crippen MR) is 115 cm³/mol. The minimum atomic E-state index is -0.0446. The van der Waals surface area contributed by atoms with Gasteiger partial charge >= 0.3 is 0 Å². The summed E-state index contributed by atoms with van der Waals surface area (Å²) in [6.45, 7) is 1.26. The second kappa shape index (κ2) is 8.27. The molecule has 0 aliphatic carbocycles. The van der Waals surface area contributed by atoms with Crippen LogP contribution in [0.15, 0.2) is 40.9 Å². The molecule has 0 spiro atoms. The number of likely N-dealkylation sites (tertiary alicyclic amines) is 1. The molecule has 4 rings (SSSR count). The zero-order valence-electron chi connectivity index (χ0n) is 15.2. The van der Waals surface area contributed by atoms with Crippen LogP contribution < -0.4 is 9.47 Å². The lowest BCUT2D eigenvalue weighted by Gasteiger charge is -2.31. The summed E-state index contributed by atoms with van der Waals surface area (Å²) in [7, 11) is 1.65. The van der Waals surface area contributed by atoms with Gasteiger partial charge in [-0.3, -0.25) is 4.79 Å². The Bertz CT molecular complexity index is 1020. The second-order valence-corrected chi connectivity index (χ2v) is 8.86. The van der Waals surface area contributed by atoms with Crippen molar-refractivity contribution in [3.63, 3.8) is 0 Å². The van der Waals surface area contributed by atoms with E-state index in [1.54, 1.807) is 19.2 Å². The Balaban J connectivity index is 1.39. The Morgan fingerprint density at radius 3 is 2.79 bits per heavy atom. The van der Waals surface area contributed by atoms with Crippen LogP contribution in [0.5, 0.6) is 10.9 Å². The zero-order chi connectivity index (χ0) is 19.7. The normalized spacial score (nSPS) is 15.0. The van der Waals surface area contributed by atoms with Gasteiger partial charge in [-0.15, -0.1) is 0 Å². The van der Waals surface area contributed by atoms with Gasteiger partial charge in [-0.05, 0) is 36.4 Å². The summed E-state index contributed by atoms with van der Waals surface area (Å²) in [5.41, 5.74) is 1.42. The average molecular weight is 482 g/mol. The van der Waals surface area contributed by atoms with E-state index in [0.29, 0.717) is 28.9 Å². The number of piperidine rings is 1. The van der Waals surface area contributed by atoms with Crippen molar-refractivity contribution in [1.29, 1.82) is 0 Å². The van der Waals surface area contributed by atoms with Gasteiger partial charge in [0.05, 0.1) is 27.9 Å². The number of hydrogen-bond donors (Lipinski definition) is 0. The van der Waals surface area contributed by atoms with Gasteiger partial charge in [-0.1, -0.05) is 38.9 Å². The number of methoxy groups -OCH3 is 1. The first kappa shape index (κ1) is 19.5. The smallest absolute Gasteiger partial charge is 0.274 e. The van der Waals surface area contributed by atoms with Crippen molar-refractivity contribution in [3.8, 4) is 10.9 Å². The van der Waals surface area contributed by atoms with E-state index in [2.05, 4.69) is 20.9 Å². The van der Waals surface area contributed by atoms with Gasteiger partial charge in [0.2, 0.25) is 0 Å². The van der Waals surface area contributed by atoms with Gasteiger partial charge in [-0.25, -0.2) is 4.98 Å². The van der Waals surface area contributed by atoms with Crippen LogP contribution in [0, 0.1) is 0 Å². The highest BCUT2D eigenvalue weighted by Crippen LogP contribution is 2.32. The molecule has 1 aromatic heterocycles. The third-order valence-electron chi connectivity index (χ3n) is 4.73. The van der Waals surface area contributed by atoms with Gasteiger partial charge in [0.15, 0.2) is 0 Å². The summed E-state index contributed by atoms with van der Waals surface area (Å²) >= 11 is 11.1. The van der Waals surface area contributed by atoms with Crippen LogP contribution in [0.2, 0.25) is 5.02 Å². The van der Waals surface area contributed by atoms with Gasteiger partial charge in [0, 0.05) is 30.4 Å². The molecule has 1 fully saturated rings. The summed E-state index contributed by atoms with van der Waals surface area (Å²) in [6, 6.07) is 11.1. The fourth-order valence-electron chi connectivity index (χ4n) is 3.21. The minimum Gasteiger partial charge on any atom is -0.497 e. The molecule has 5 nitrogen and oxygen atoms in total. The highest BCUT2D eigenvalue weighted by Gasteiger charge is 2.26. The van der Waals surface area contributed by atoms with Crippen molar-refractivity contribution in [2.45, 2.75) is 18.9 Å². The number of rotatable bonds is 4. The highest BCUT2D eigenvalue weighted by molar-refractivity contribution is 9.10. The van der Waals surface area contributed by atoms with Crippen molar-refractivity contribution in [3.05, 3.63) is 51.5 Å². The molecule has 28 heavy (non-hydrogen) atoms. The fraction of sp³-hybridized carbons (Fsp3) is 0.300. The number of carbonyl (C=O) groups excluding carboxylic acids is 1. The number of thiazole rings is 1. The molecule has 8 heteroatoms. The molecule has 2 aromatic carbocycles. The molecule has 3 aromatic rings. The molecule has 0 N–H and O–H groups in total. The number of nitrogens with zero attached hydrogens (tertiary/aromatic N) is 2. The summed E-state index contributed by atoms with van der Waals surface area (Å²) < 4.78 is 13.2. The maximum atomic E-state index is 12.8. The van der Waals surface area contributed by atoms with E-state index < -0.39 is 0 Å². The van der Waals surface area contributed by atoms with E-state index in [1.165, 1.54) is 11.3 Å². The number of fused-ring (bicyclic) bond motifs is 1. The number of aromatic nitrogens is 1. The van der Waals surface area contributed by atoms with Crippen LogP contribution in [0.3, 0.4) is 0 Å². The lowest BCUT2D eigenvalue weighted by Crippen LogP contribution is -2.41. The molecule has 2 heterocycles. The third kappa shape index (κ3) is 4.11. The largest absolute Gasteiger partial charge is 0.497 e. The fourth-order valence-corrected chi connectivity index (χ4v) is 4.68. The van der Waals surface area contributed by atoms with Gasteiger partial charge in [0.1, 0.15) is 11.9 Å². The molecular formula is C20H18BrClN2O3S. The van der Waals surface area contributed by atoms with E-state index in [9.17, 15) is 4.79 Å². The Kier molecular flexibility index (Phi) is 5.75. The van der Waals surface area contributed by atoms with Crippen LogP contribution in [0.4, 0.5) is 0 Å². The van der Waals surface area contributed by atoms with Crippen molar-refractivity contribution in [2.24, 2.45) is 0 Å². The number of hydrogen-bond acceptors (Lipinski definition) is 5. The topological polar surface area (TPSA) is 51.7 Å². The highest BCUT2D eigenvalue weighted by atomic mass is 79.9. The van der Waals surface area contributed by atoms with Crippen molar-refractivity contribution in [2.75, 3.05) is 20.2 Å². The molecule has 1 aliphatic heterocycles. The van der Waals surface area contributed by atoms with E-state index in [4.69, 9.17) is 21.1 Å². The quantitative estimate of drug-likeness (QED) is 0.500. The van der Waals surface area contributed by atoms with Crippen LogP contribution in [-0.2, 0) is 0 Å². The third-order valence-corrected chi connectivity index (χ3v) is 6.46. The zero-order valence-corrected chi connectivity index (χ0v) is 18.3. The number of carbonyl (C=O) groups is 1. The molecule has 0 bridgehead atoms. The lowest BCUT2D eigenvalue weighted by molar-refractivity contribution is 0.0595. The molecule has 0 unspecified atom stereocenters. The Hall–Kier alpha value is -1.83. The second-order valence-electron chi connectivity index (χ2n) is 6.55. The van der Waals surface area contributed by atoms with Gasteiger partial charge in [0.25, 0.3) is 11.1 Å². The number of amides is 1. The van der Waals surface area contributed by atoms with Crippen molar-refractivity contribution >= 4 is 55.0 Å². The maximum absolute atomic E-state index is 12.8. The molecule has 1 saturated heterocycles. The first-order valence-electron chi connectivity index (χ1n) is 8.89. The summed E-state index contributed by atoms with van der Waals surface area (Å²) in [4.78, 5) is 19.1. The Morgan fingerprint density at radius 1 is 1.25 bits per heavy atom. The van der Waals surface area contributed by atoms with Crippen LogP contribution in [0.25, 0.3) is 10.2 Å². The first-order valence-corrected chi connectivity index (χ1v) is 10.9. The Labute approximate surface area is 180 Å². The number of benzene rings is 2. The number of ether oxygens (including phenoxy) is 2. The lowest BCUT2D eigenvalue weighted by atomic mass is 10.1. The van der Waals surface area contributed by atoms with E-state index in [-0.39, 0.29) is 12.0 Å². The van der Waals surface area contributed by atoms with Crippen LogP contribution in [-0.4, -0.2) is 42.1 Å². The van der Waals surface area contributed by atoms with Crippen LogP contribution in [0.1, 0.15) is 23.2 Å². The maximum Gasteiger partial charge on any atom is 0.274 e. The monoisotopic (exact) mass is 480 g/mol. The van der Waals surface area contributed by atoms with Crippen molar-refractivity contribution in [1.82, 2.24) is 9.88 Å². The molecule has 0 radical (unpaired) electrons. The van der Waals surface area contributed by atoms with Gasteiger partial charge in [-0.2, -0.15) is 0 Å². The summed E-state index contributed by atoms with van der Waals surface area (Å²) in [6.07, 6.45) is 1.57. The molecule has 1 aliphatic rings. The standard InChI is InChI=1S/C20H18BrClN2O3S/c1-26-14-3-5-17-18(11-14)28-20(23-17)27-13-6-8-24(9-7-13)19(25)15-10-12(21)2-4-16(15)22/h2-5,10-11,13H,6-9H2,1H3. The minimum absolute atomic E-state index is 0.0446.